The molecule has 0 radical (unpaired) electrons. The minimum atomic E-state index is -0.739. The Morgan fingerprint density at radius 1 is 1.16 bits per heavy atom. The molecule has 0 saturated carbocycles. The zero-order valence-electron chi connectivity index (χ0n) is 21.0. The van der Waals surface area contributed by atoms with Gasteiger partial charge in [0.1, 0.15) is 5.75 Å². The minimum absolute atomic E-state index is 0.119. The molecule has 3 heterocycles. The summed E-state index contributed by atoms with van der Waals surface area (Å²) in [5.41, 5.74) is 2.05. The summed E-state index contributed by atoms with van der Waals surface area (Å²) in [4.78, 5) is 32.3. The normalized spacial score (nSPS) is 16.4. The number of esters is 1. The first-order valence-corrected chi connectivity index (χ1v) is 13.0. The van der Waals surface area contributed by atoms with Crippen LogP contribution in [0.4, 0.5) is 0 Å². The Balaban J connectivity index is 1.60. The molecule has 192 valence electrons. The molecule has 8 nitrogen and oxygen atoms in total. The third-order valence-corrected chi connectivity index (χ3v) is 7.64. The van der Waals surface area contributed by atoms with Crippen LogP contribution in [0.5, 0.6) is 17.2 Å². The van der Waals surface area contributed by atoms with Crippen molar-refractivity contribution >= 4 is 34.2 Å². The molecule has 0 bridgehead atoms. The first-order chi connectivity index (χ1) is 18.5. The molecule has 0 amide bonds. The second-order valence-electron chi connectivity index (χ2n) is 8.82. The Morgan fingerprint density at radius 3 is 2.79 bits per heavy atom. The fourth-order valence-electron chi connectivity index (χ4n) is 4.92. The van der Waals surface area contributed by atoms with Crippen LogP contribution in [-0.4, -0.2) is 31.0 Å². The first-order valence-electron chi connectivity index (χ1n) is 12.1. The average molecular weight is 529 g/mol. The van der Waals surface area contributed by atoms with Crippen LogP contribution in [0, 0.1) is 0 Å². The van der Waals surface area contributed by atoms with E-state index in [4.69, 9.17) is 18.9 Å². The van der Waals surface area contributed by atoms with Gasteiger partial charge in [-0.05, 0) is 54.5 Å². The van der Waals surface area contributed by atoms with Crippen LogP contribution < -0.4 is 29.1 Å². The summed E-state index contributed by atoms with van der Waals surface area (Å²) in [7, 11) is 1.61. The summed E-state index contributed by atoms with van der Waals surface area (Å²) < 4.78 is 24.1. The lowest BCUT2D eigenvalue weighted by Crippen LogP contribution is -2.39. The Kier molecular flexibility index (Phi) is 6.00. The van der Waals surface area contributed by atoms with Crippen LogP contribution in [-0.2, 0) is 9.53 Å². The summed E-state index contributed by atoms with van der Waals surface area (Å²) >= 11 is 1.27. The molecule has 0 aliphatic carbocycles. The third kappa shape index (κ3) is 3.86. The van der Waals surface area contributed by atoms with Crippen LogP contribution in [0.25, 0.3) is 16.8 Å². The molecular formula is C29H24N2O6S. The van der Waals surface area contributed by atoms with E-state index in [1.54, 1.807) is 37.7 Å². The number of benzene rings is 3. The lowest BCUT2D eigenvalue weighted by atomic mass is 9.95. The van der Waals surface area contributed by atoms with Crippen molar-refractivity contribution in [3.05, 3.63) is 96.7 Å². The van der Waals surface area contributed by atoms with Crippen molar-refractivity contribution < 1.29 is 23.7 Å². The van der Waals surface area contributed by atoms with E-state index in [-0.39, 0.29) is 19.0 Å². The van der Waals surface area contributed by atoms with Crippen molar-refractivity contribution in [2.45, 2.75) is 19.9 Å². The number of rotatable bonds is 5. The SMILES string of the molecule is CCOC(=O)C1=C(C)N=c2s/c(=C\c3c(OC)ccc4ccccc34)c(=O)n2C1c1ccc2c(c1)OCO2. The summed E-state index contributed by atoms with van der Waals surface area (Å²) in [5, 5.41) is 2.00. The first kappa shape index (κ1) is 24.0. The van der Waals surface area contributed by atoms with Crippen LogP contribution in [0.1, 0.15) is 31.0 Å². The van der Waals surface area contributed by atoms with Gasteiger partial charge in [-0.15, -0.1) is 0 Å². The largest absolute Gasteiger partial charge is 0.496 e. The Labute approximate surface area is 221 Å². The van der Waals surface area contributed by atoms with E-state index in [2.05, 4.69) is 4.99 Å². The van der Waals surface area contributed by atoms with Gasteiger partial charge >= 0.3 is 5.97 Å². The second kappa shape index (κ2) is 9.50. The maximum Gasteiger partial charge on any atom is 0.338 e. The highest BCUT2D eigenvalue weighted by molar-refractivity contribution is 7.07. The molecule has 1 aromatic heterocycles. The van der Waals surface area contributed by atoms with Gasteiger partial charge in [-0.2, -0.15) is 0 Å². The van der Waals surface area contributed by atoms with E-state index in [1.807, 2.05) is 48.5 Å². The van der Waals surface area contributed by atoms with E-state index < -0.39 is 12.0 Å². The highest BCUT2D eigenvalue weighted by Crippen LogP contribution is 2.38. The zero-order chi connectivity index (χ0) is 26.4. The molecule has 0 saturated heterocycles. The number of aromatic nitrogens is 1. The predicted octanol–water partition coefficient (Wildman–Crippen LogP) is 3.69. The molecule has 9 heteroatoms. The number of nitrogens with zero attached hydrogens (tertiary/aromatic N) is 2. The van der Waals surface area contributed by atoms with Gasteiger partial charge in [0.15, 0.2) is 16.3 Å². The standard InChI is InChI=1S/C29H24N2O6S/c1-4-35-28(33)25-16(2)30-29-31(26(25)18-10-12-22-23(13-18)37-15-36-22)27(32)24(38-29)14-20-19-8-6-5-7-17(19)9-11-21(20)34-3/h5-14,26H,4,15H2,1-3H3/b24-14-. The van der Waals surface area contributed by atoms with E-state index in [0.29, 0.717) is 43.4 Å². The lowest BCUT2D eigenvalue weighted by molar-refractivity contribution is -0.139. The number of carbonyl (C=O) groups is 1. The number of thiazole rings is 1. The van der Waals surface area contributed by atoms with Crippen LogP contribution in [0.3, 0.4) is 0 Å². The van der Waals surface area contributed by atoms with Crippen molar-refractivity contribution in [3.63, 3.8) is 0 Å². The molecule has 6 rings (SSSR count). The molecule has 2 aliphatic rings. The van der Waals surface area contributed by atoms with Gasteiger partial charge in [-0.1, -0.05) is 47.7 Å². The predicted molar refractivity (Wildman–Crippen MR) is 143 cm³/mol. The Morgan fingerprint density at radius 2 is 1.97 bits per heavy atom. The third-order valence-electron chi connectivity index (χ3n) is 6.66. The fourth-order valence-corrected chi connectivity index (χ4v) is 5.95. The van der Waals surface area contributed by atoms with Gasteiger partial charge in [0.05, 0.1) is 35.6 Å². The van der Waals surface area contributed by atoms with Gasteiger partial charge < -0.3 is 18.9 Å². The van der Waals surface area contributed by atoms with Crippen molar-refractivity contribution in [1.29, 1.82) is 0 Å². The van der Waals surface area contributed by atoms with E-state index in [1.165, 1.54) is 11.3 Å². The average Bonchev–Trinajstić information content (AvgIpc) is 3.51. The summed E-state index contributed by atoms with van der Waals surface area (Å²) in [6, 6.07) is 16.5. The fraction of sp³-hybridized carbons (Fsp3) is 0.207. The number of allylic oxidation sites excluding steroid dienone is 1. The highest BCUT2D eigenvalue weighted by Gasteiger charge is 2.34. The number of fused-ring (bicyclic) bond motifs is 3. The van der Waals surface area contributed by atoms with Crippen LogP contribution >= 0.6 is 11.3 Å². The maximum absolute atomic E-state index is 14.0. The van der Waals surface area contributed by atoms with Gasteiger partial charge in [0.25, 0.3) is 5.56 Å². The molecular weight excluding hydrogens is 504 g/mol. The summed E-state index contributed by atoms with van der Waals surface area (Å²) in [6.45, 7) is 3.83. The second-order valence-corrected chi connectivity index (χ2v) is 9.83. The topological polar surface area (TPSA) is 88.4 Å². The monoisotopic (exact) mass is 528 g/mol. The molecule has 1 unspecified atom stereocenters. The van der Waals surface area contributed by atoms with Crippen molar-refractivity contribution in [1.82, 2.24) is 4.57 Å². The van der Waals surface area contributed by atoms with E-state index in [9.17, 15) is 9.59 Å². The van der Waals surface area contributed by atoms with E-state index in [0.717, 1.165) is 16.3 Å². The van der Waals surface area contributed by atoms with Crippen molar-refractivity contribution in [2.75, 3.05) is 20.5 Å². The molecule has 2 aliphatic heterocycles. The number of methoxy groups -OCH3 is 1. The molecule has 0 spiro atoms. The maximum atomic E-state index is 14.0. The van der Waals surface area contributed by atoms with Crippen LogP contribution in [0.2, 0.25) is 0 Å². The zero-order valence-corrected chi connectivity index (χ0v) is 21.8. The summed E-state index contributed by atoms with van der Waals surface area (Å²) in [6.07, 6.45) is 1.84. The number of ether oxygens (including phenoxy) is 4. The summed E-state index contributed by atoms with van der Waals surface area (Å²) in [5.74, 6) is 1.32. The Hall–Kier alpha value is -4.37. The smallest absolute Gasteiger partial charge is 0.338 e. The molecule has 1 atom stereocenters. The molecule has 38 heavy (non-hydrogen) atoms. The number of hydrogen-bond acceptors (Lipinski definition) is 8. The van der Waals surface area contributed by atoms with E-state index >= 15 is 0 Å². The van der Waals surface area contributed by atoms with Gasteiger partial charge in [0.2, 0.25) is 6.79 Å². The highest BCUT2D eigenvalue weighted by atomic mass is 32.1. The molecule has 0 N–H and O–H groups in total. The molecule has 0 fully saturated rings. The quantitative estimate of drug-likeness (QED) is 0.367. The Bertz CT molecular complexity index is 1820. The van der Waals surface area contributed by atoms with Gasteiger partial charge in [-0.25, -0.2) is 9.79 Å². The van der Waals surface area contributed by atoms with Crippen molar-refractivity contribution in [2.24, 2.45) is 4.99 Å². The lowest BCUT2D eigenvalue weighted by Gasteiger charge is -2.24. The minimum Gasteiger partial charge on any atom is -0.496 e. The molecule has 3 aromatic carbocycles. The number of hydrogen-bond donors (Lipinski definition) is 0. The van der Waals surface area contributed by atoms with Gasteiger partial charge in [0, 0.05) is 5.56 Å². The molecule has 4 aromatic rings. The van der Waals surface area contributed by atoms with Gasteiger partial charge in [-0.3, -0.25) is 9.36 Å². The van der Waals surface area contributed by atoms with Crippen LogP contribution in [0.15, 0.2) is 75.7 Å². The van der Waals surface area contributed by atoms with Crippen molar-refractivity contribution in [3.8, 4) is 17.2 Å². The number of carbonyl (C=O) groups excluding carboxylic acids is 1.